The zero-order valence-corrected chi connectivity index (χ0v) is 15.6. The second-order valence-corrected chi connectivity index (χ2v) is 6.64. The molecule has 1 aromatic carbocycles. The van der Waals surface area contributed by atoms with Crippen LogP contribution >= 0.6 is 11.3 Å². The number of rotatable bonds is 7. The Morgan fingerprint density at radius 1 is 1.21 bits per heavy atom. The molecule has 1 unspecified atom stereocenters. The molecule has 2 rings (SSSR count). The molecule has 0 aliphatic rings. The zero-order chi connectivity index (χ0) is 17.4. The molecule has 0 spiro atoms. The van der Waals surface area contributed by atoms with Gasteiger partial charge in [-0.15, -0.1) is 11.3 Å². The highest BCUT2D eigenvalue weighted by molar-refractivity contribution is 7.09. The molecule has 0 fully saturated rings. The highest BCUT2D eigenvalue weighted by Crippen LogP contribution is 2.27. The molecule has 1 heterocycles. The van der Waals surface area contributed by atoms with E-state index in [1.54, 1.807) is 25.5 Å². The topological polar surface area (TPSA) is 48.9 Å². The first-order valence-corrected chi connectivity index (χ1v) is 8.80. The molecule has 1 atom stereocenters. The largest absolute Gasteiger partial charge is 0.496 e. The fourth-order valence-corrected chi connectivity index (χ4v) is 3.15. The Hall–Kier alpha value is -2.05. The average Bonchev–Trinajstić information content (AvgIpc) is 3.11. The molecular formula is C18H26N4OS. The molecule has 0 radical (unpaired) electrons. The Kier molecular flexibility index (Phi) is 7.08. The minimum atomic E-state index is 0.182. The van der Waals surface area contributed by atoms with Crippen molar-refractivity contribution in [3.63, 3.8) is 0 Å². The number of aliphatic imine (C=N–C) groups is 1. The molecule has 0 aliphatic heterocycles. The Bertz CT molecular complexity index is 640. The summed E-state index contributed by atoms with van der Waals surface area (Å²) in [6, 6.07) is 12.5. The number of hydrogen-bond acceptors (Lipinski definition) is 4. The number of para-hydroxylation sites is 1. The van der Waals surface area contributed by atoms with Crippen molar-refractivity contribution in [2.24, 2.45) is 4.99 Å². The van der Waals surface area contributed by atoms with E-state index in [1.807, 2.05) is 18.2 Å². The van der Waals surface area contributed by atoms with Gasteiger partial charge in [0, 0.05) is 24.0 Å². The van der Waals surface area contributed by atoms with Crippen molar-refractivity contribution in [2.45, 2.75) is 12.6 Å². The summed E-state index contributed by atoms with van der Waals surface area (Å²) in [7, 11) is 7.64. The number of nitrogens with zero attached hydrogens (tertiary/aromatic N) is 2. The van der Waals surface area contributed by atoms with Gasteiger partial charge in [0.1, 0.15) is 5.75 Å². The highest BCUT2D eigenvalue weighted by atomic mass is 32.1. The number of nitrogens with one attached hydrogen (secondary N) is 2. The van der Waals surface area contributed by atoms with E-state index in [4.69, 9.17) is 4.74 Å². The molecule has 1 aromatic heterocycles. The molecule has 5 nitrogen and oxygen atoms in total. The van der Waals surface area contributed by atoms with E-state index in [0.717, 1.165) is 30.4 Å². The molecule has 130 valence electrons. The van der Waals surface area contributed by atoms with Crippen molar-refractivity contribution in [1.82, 2.24) is 15.5 Å². The maximum Gasteiger partial charge on any atom is 0.191 e. The number of ether oxygens (including phenoxy) is 1. The van der Waals surface area contributed by atoms with Gasteiger partial charge < -0.3 is 20.3 Å². The molecule has 6 heteroatoms. The smallest absolute Gasteiger partial charge is 0.191 e. The number of thiophene rings is 1. The van der Waals surface area contributed by atoms with Crippen LogP contribution < -0.4 is 15.4 Å². The minimum Gasteiger partial charge on any atom is -0.496 e. The number of methoxy groups -OCH3 is 1. The number of guanidine groups is 1. The lowest BCUT2D eigenvalue weighted by molar-refractivity contribution is 0.287. The van der Waals surface area contributed by atoms with Gasteiger partial charge in [-0.05, 0) is 31.6 Å². The van der Waals surface area contributed by atoms with E-state index in [2.05, 4.69) is 58.2 Å². The summed E-state index contributed by atoms with van der Waals surface area (Å²) in [5.41, 5.74) is 1.16. The van der Waals surface area contributed by atoms with E-state index in [-0.39, 0.29) is 6.04 Å². The quantitative estimate of drug-likeness (QED) is 0.598. The third kappa shape index (κ3) is 4.97. The van der Waals surface area contributed by atoms with Gasteiger partial charge in [-0.1, -0.05) is 24.3 Å². The monoisotopic (exact) mass is 346 g/mol. The first-order valence-electron chi connectivity index (χ1n) is 7.92. The van der Waals surface area contributed by atoms with Gasteiger partial charge in [0.25, 0.3) is 0 Å². The second-order valence-electron chi connectivity index (χ2n) is 5.61. The van der Waals surface area contributed by atoms with Crippen LogP contribution in [0.5, 0.6) is 5.75 Å². The standard InChI is InChI=1S/C18H26N4OS/c1-19-18(20-12-14-8-7-11-24-14)21-13-16(22(2)3)15-9-5-6-10-17(15)23-4/h5-11,16H,12-13H2,1-4H3,(H2,19,20,21). The van der Waals surface area contributed by atoms with Gasteiger partial charge in [-0.2, -0.15) is 0 Å². The van der Waals surface area contributed by atoms with Crippen molar-refractivity contribution < 1.29 is 4.74 Å². The van der Waals surface area contributed by atoms with Gasteiger partial charge in [-0.3, -0.25) is 4.99 Å². The summed E-state index contributed by atoms with van der Waals surface area (Å²) in [5, 5.41) is 8.84. The first kappa shape index (κ1) is 18.3. The van der Waals surface area contributed by atoms with E-state index >= 15 is 0 Å². The van der Waals surface area contributed by atoms with Crippen molar-refractivity contribution in [3.8, 4) is 5.75 Å². The van der Waals surface area contributed by atoms with Gasteiger partial charge in [0.15, 0.2) is 5.96 Å². The molecule has 0 amide bonds. The van der Waals surface area contributed by atoms with Crippen LogP contribution in [-0.2, 0) is 6.54 Å². The molecule has 0 saturated carbocycles. The van der Waals surface area contributed by atoms with E-state index in [9.17, 15) is 0 Å². The lowest BCUT2D eigenvalue weighted by Crippen LogP contribution is -2.41. The summed E-state index contributed by atoms with van der Waals surface area (Å²) in [5.74, 6) is 1.70. The van der Waals surface area contributed by atoms with Crippen molar-refractivity contribution in [3.05, 3.63) is 52.2 Å². The Morgan fingerprint density at radius 2 is 2.00 bits per heavy atom. The normalized spacial score (nSPS) is 13.0. The summed E-state index contributed by atoms with van der Waals surface area (Å²) < 4.78 is 5.51. The van der Waals surface area contributed by atoms with Crippen LogP contribution in [0, 0.1) is 0 Å². The van der Waals surface area contributed by atoms with Crippen LogP contribution in [0.3, 0.4) is 0 Å². The van der Waals surface area contributed by atoms with Crippen LogP contribution in [0.25, 0.3) is 0 Å². The first-order chi connectivity index (χ1) is 11.7. The number of benzene rings is 1. The SMILES string of the molecule is CN=C(NCc1cccs1)NCC(c1ccccc1OC)N(C)C. The number of hydrogen-bond donors (Lipinski definition) is 2. The lowest BCUT2D eigenvalue weighted by atomic mass is 10.0. The lowest BCUT2D eigenvalue weighted by Gasteiger charge is -2.27. The molecule has 0 aliphatic carbocycles. The van der Waals surface area contributed by atoms with Gasteiger partial charge in [0.05, 0.1) is 19.7 Å². The predicted molar refractivity (Wildman–Crippen MR) is 102 cm³/mol. The zero-order valence-electron chi connectivity index (χ0n) is 14.7. The Labute approximate surface area is 148 Å². The van der Waals surface area contributed by atoms with Crippen molar-refractivity contribution in [1.29, 1.82) is 0 Å². The molecule has 24 heavy (non-hydrogen) atoms. The van der Waals surface area contributed by atoms with Crippen LogP contribution in [0.15, 0.2) is 46.8 Å². The summed E-state index contributed by atoms with van der Waals surface area (Å²) in [6.07, 6.45) is 0. The molecule has 0 bridgehead atoms. The molecule has 0 saturated heterocycles. The Balaban J connectivity index is 1.99. The fraction of sp³-hybridized carbons (Fsp3) is 0.389. The number of likely N-dealkylation sites (N-methyl/N-ethyl adjacent to an activating group) is 1. The van der Waals surface area contributed by atoms with Crippen LogP contribution in [-0.4, -0.2) is 45.7 Å². The highest BCUT2D eigenvalue weighted by Gasteiger charge is 2.18. The Morgan fingerprint density at radius 3 is 2.62 bits per heavy atom. The van der Waals surface area contributed by atoms with Gasteiger partial charge in [-0.25, -0.2) is 0 Å². The summed E-state index contributed by atoms with van der Waals surface area (Å²) in [6.45, 7) is 1.51. The third-order valence-corrected chi connectivity index (χ3v) is 4.69. The van der Waals surface area contributed by atoms with Gasteiger partial charge in [0.2, 0.25) is 0 Å². The minimum absolute atomic E-state index is 0.182. The maximum atomic E-state index is 5.51. The fourth-order valence-electron chi connectivity index (χ4n) is 2.51. The van der Waals surface area contributed by atoms with E-state index in [0.29, 0.717) is 0 Å². The van der Waals surface area contributed by atoms with E-state index < -0.39 is 0 Å². The summed E-state index contributed by atoms with van der Waals surface area (Å²) >= 11 is 1.74. The van der Waals surface area contributed by atoms with Crippen LogP contribution in [0.2, 0.25) is 0 Å². The maximum absolute atomic E-state index is 5.51. The van der Waals surface area contributed by atoms with Crippen LogP contribution in [0.1, 0.15) is 16.5 Å². The van der Waals surface area contributed by atoms with Crippen molar-refractivity contribution >= 4 is 17.3 Å². The van der Waals surface area contributed by atoms with E-state index in [1.165, 1.54) is 4.88 Å². The third-order valence-electron chi connectivity index (χ3n) is 3.82. The molecule has 2 N–H and O–H groups in total. The van der Waals surface area contributed by atoms with Crippen molar-refractivity contribution in [2.75, 3.05) is 34.8 Å². The molecule has 2 aromatic rings. The predicted octanol–water partition coefficient (Wildman–Crippen LogP) is 2.72. The average molecular weight is 347 g/mol. The van der Waals surface area contributed by atoms with Crippen LogP contribution in [0.4, 0.5) is 0 Å². The van der Waals surface area contributed by atoms with Gasteiger partial charge >= 0.3 is 0 Å². The molecular weight excluding hydrogens is 320 g/mol. The summed E-state index contributed by atoms with van der Waals surface area (Å²) in [4.78, 5) is 7.77. The second kappa shape index (κ2) is 9.30.